The summed E-state index contributed by atoms with van der Waals surface area (Å²) in [6, 6.07) is 17.1. The fourth-order valence-electron chi connectivity index (χ4n) is 3.73. The molecule has 1 amide bonds. The van der Waals surface area contributed by atoms with E-state index >= 15 is 0 Å². The van der Waals surface area contributed by atoms with Crippen LogP contribution in [-0.4, -0.2) is 54.2 Å². The van der Waals surface area contributed by atoms with Gasteiger partial charge < -0.3 is 9.42 Å². The predicted molar refractivity (Wildman–Crippen MR) is 107 cm³/mol. The number of carbonyl (C=O) groups is 1. The second-order valence-electron chi connectivity index (χ2n) is 7.16. The Morgan fingerprint density at radius 2 is 1.77 bits per heavy atom. The highest BCUT2D eigenvalue weighted by Gasteiger charge is 2.29. The molecular formula is C21H19N7O2. The van der Waals surface area contributed by atoms with Gasteiger partial charge in [-0.1, -0.05) is 47.6 Å². The van der Waals surface area contributed by atoms with Crippen molar-refractivity contribution in [2.24, 2.45) is 0 Å². The van der Waals surface area contributed by atoms with Gasteiger partial charge >= 0.3 is 0 Å². The number of benzene rings is 2. The van der Waals surface area contributed by atoms with E-state index in [1.807, 2.05) is 53.4 Å². The smallest absolute Gasteiger partial charge is 0.256 e. The van der Waals surface area contributed by atoms with Gasteiger partial charge in [0.2, 0.25) is 11.7 Å². The van der Waals surface area contributed by atoms with Crippen LogP contribution in [-0.2, 0) is 0 Å². The van der Waals surface area contributed by atoms with Crippen molar-refractivity contribution in [3.05, 3.63) is 72.4 Å². The molecule has 2 aromatic heterocycles. The summed E-state index contributed by atoms with van der Waals surface area (Å²) in [7, 11) is 0. The first-order valence-corrected chi connectivity index (χ1v) is 9.80. The highest BCUT2D eigenvalue weighted by molar-refractivity contribution is 5.97. The summed E-state index contributed by atoms with van der Waals surface area (Å²) in [6.45, 7) is 1.24. The number of hydrogen-bond donors (Lipinski definition) is 0. The Bertz CT molecular complexity index is 1130. The van der Waals surface area contributed by atoms with Gasteiger partial charge in [-0.15, -0.1) is 5.10 Å². The number of tetrazole rings is 1. The number of nitrogens with zero attached hydrogens (tertiary/aromatic N) is 7. The summed E-state index contributed by atoms with van der Waals surface area (Å²) in [5.41, 5.74) is 2.17. The Morgan fingerprint density at radius 3 is 2.53 bits per heavy atom. The van der Waals surface area contributed by atoms with Crippen LogP contribution in [0.2, 0.25) is 0 Å². The number of para-hydroxylation sites is 1. The lowest BCUT2D eigenvalue weighted by Crippen LogP contribution is -2.38. The molecule has 0 saturated carbocycles. The van der Waals surface area contributed by atoms with Crippen LogP contribution >= 0.6 is 0 Å². The molecule has 0 unspecified atom stereocenters. The van der Waals surface area contributed by atoms with Gasteiger partial charge in [0.1, 0.15) is 6.33 Å². The lowest BCUT2D eigenvalue weighted by molar-refractivity contribution is 0.0704. The highest BCUT2D eigenvalue weighted by atomic mass is 16.5. The van der Waals surface area contributed by atoms with Gasteiger partial charge in [0.25, 0.3) is 5.91 Å². The maximum Gasteiger partial charge on any atom is 0.256 e. The maximum absolute atomic E-state index is 13.1. The summed E-state index contributed by atoms with van der Waals surface area (Å²) >= 11 is 0. The number of rotatable bonds is 4. The van der Waals surface area contributed by atoms with Crippen molar-refractivity contribution < 1.29 is 9.32 Å². The van der Waals surface area contributed by atoms with E-state index in [0.717, 1.165) is 18.4 Å². The molecule has 4 aromatic rings. The van der Waals surface area contributed by atoms with Gasteiger partial charge in [-0.3, -0.25) is 4.79 Å². The number of amides is 1. The molecule has 0 aliphatic carbocycles. The van der Waals surface area contributed by atoms with Crippen LogP contribution in [0, 0.1) is 0 Å². The molecule has 1 aliphatic rings. The summed E-state index contributed by atoms with van der Waals surface area (Å²) in [6.07, 6.45) is 3.03. The van der Waals surface area contributed by atoms with Crippen LogP contribution in [0.5, 0.6) is 0 Å². The Labute approximate surface area is 172 Å². The summed E-state index contributed by atoms with van der Waals surface area (Å²) in [4.78, 5) is 19.6. The standard InChI is InChI=1S/C21H19N7O2/c29-21(17-8-4-5-9-18(17)28-14-22-25-26-28)27-12-10-16(11-13-27)20-23-19(24-30-20)15-6-2-1-3-7-15/h1-9,14,16H,10-13H2. The van der Waals surface area contributed by atoms with Crippen molar-refractivity contribution in [1.29, 1.82) is 0 Å². The molecule has 0 radical (unpaired) electrons. The third-order valence-electron chi connectivity index (χ3n) is 5.34. The minimum Gasteiger partial charge on any atom is -0.339 e. The van der Waals surface area contributed by atoms with Crippen molar-refractivity contribution in [3.63, 3.8) is 0 Å². The van der Waals surface area contributed by atoms with Crippen LogP contribution in [0.3, 0.4) is 0 Å². The average molecular weight is 401 g/mol. The molecule has 9 nitrogen and oxygen atoms in total. The molecule has 0 N–H and O–H groups in total. The van der Waals surface area contributed by atoms with E-state index in [1.165, 1.54) is 11.0 Å². The first kappa shape index (κ1) is 18.2. The molecule has 30 heavy (non-hydrogen) atoms. The van der Waals surface area contributed by atoms with E-state index in [4.69, 9.17) is 4.52 Å². The SMILES string of the molecule is O=C(c1ccccc1-n1cnnn1)N1CCC(c2nc(-c3ccccc3)no2)CC1. The average Bonchev–Trinajstić information content (AvgIpc) is 3.52. The van der Waals surface area contributed by atoms with Crippen LogP contribution in [0.4, 0.5) is 0 Å². The third-order valence-corrected chi connectivity index (χ3v) is 5.34. The molecule has 1 aliphatic heterocycles. The van der Waals surface area contributed by atoms with Crippen molar-refractivity contribution >= 4 is 5.91 Å². The van der Waals surface area contributed by atoms with Crippen LogP contribution < -0.4 is 0 Å². The fourth-order valence-corrected chi connectivity index (χ4v) is 3.73. The van der Waals surface area contributed by atoms with E-state index in [0.29, 0.717) is 36.1 Å². The topological polar surface area (TPSA) is 103 Å². The number of piperidine rings is 1. The van der Waals surface area contributed by atoms with Gasteiger partial charge in [0.15, 0.2) is 0 Å². The van der Waals surface area contributed by atoms with Gasteiger partial charge in [-0.2, -0.15) is 9.67 Å². The first-order chi connectivity index (χ1) is 14.8. The minimum atomic E-state index is -0.0324. The fraction of sp³-hybridized carbons (Fsp3) is 0.238. The largest absolute Gasteiger partial charge is 0.339 e. The lowest BCUT2D eigenvalue weighted by atomic mass is 9.96. The highest BCUT2D eigenvalue weighted by Crippen LogP contribution is 2.29. The molecule has 0 bridgehead atoms. The van der Waals surface area contributed by atoms with Gasteiger partial charge in [-0.05, 0) is 35.4 Å². The zero-order chi connectivity index (χ0) is 20.3. The van der Waals surface area contributed by atoms with E-state index in [-0.39, 0.29) is 11.8 Å². The van der Waals surface area contributed by atoms with Gasteiger partial charge in [-0.25, -0.2) is 0 Å². The zero-order valence-corrected chi connectivity index (χ0v) is 16.1. The Morgan fingerprint density at radius 1 is 1.00 bits per heavy atom. The molecule has 2 aromatic carbocycles. The second-order valence-corrected chi connectivity index (χ2v) is 7.16. The van der Waals surface area contributed by atoms with Crippen molar-refractivity contribution in [2.75, 3.05) is 13.1 Å². The molecular weight excluding hydrogens is 382 g/mol. The van der Waals surface area contributed by atoms with Crippen molar-refractivity contribution in [1.82, 2.24) is 35.2 Å². The van der Waals surface area contributed by atoms with E-state index in [9.17, 15) is 4.79 Å². The van der Waals surface area contributed by atoms with Crippen LogP contribution in [0.25, 0.3) is 17.1 Å². The molecule has 5 rings (SSSR count). The Kier molecular flexibility index (Phi) is 4.76. The quantitative estimate of drug-likeness (QED) is 0.518. The van der Waals surface area contributed by atoms with Gasteiger partial charge in [0.05, 0.1) is 11.3 Å². The second kappa shape index (κ2) is 7.86. The number of likely N-dealkylation sites (tertiary alicyclic amines) is 1. The zero-order valence-electron chi connectivity index (χ0n) is 16.1. The third kappa shape index (κ3) is 3.45. The predicted octanol–water partition coefficient (Wildman–Crippen LogP) is 2.73. The van der Waals surface area contributed by atoms with Crippen molar-refractivity contribution in [2.45, 2.75) is 18.8 Å². The molecule has 9 heteroatoms. The maximum atomic E-state index is 13.1. The normalized spacial score (nSPS) is 14.7. The van der Waals surface area contributed by atoms with Gasteiger partial charge in [0, 0.05) is 24.6 Å². The van der Waals surface area contributed by atoms with Crippen molar-refractivity contribution in [3.8, 4) is 17.1 Å². The number of carbonyl (C=O) groups excluding carboxylic acids is 1. The summed E-state index contributed by atoms with van der Waals surface area (Å²) < 4.78 is 7.02. The lowest BCUT2D eigenvalue weighted by Gasteiger charge is -2.30. The summed E-state index contributed by atoms with van der Waals surface area (Å²) in [5.74, 6) is 1.35. The first-order valence-electron chi connectivity index (χ1n) is 9.80. The molecule has 3 heterocycles. The van der Waals surface area contributed by atoms with Crippen LogP contribution in [0.1, 0.15) is 35.0 Å². The number of aromatic nitrogens is 6. The van der Waals surface area contributed by atoms with E-state index < -0.39 is 0 Å². The number of hydrogen-bond acceptors (Lipinski definition) is 7. The molecule has 1 saturated heterocycles. The summed E-state index contributed by atoms with van der Waals surface area (Å²) in [5, 5.41) is 15.4. The monoisotopic (exact) mass is 401 g/mol. The van der Waals surface area contributed by atoms with E-state index in [1.54, 1.807) is 6.07 Å². The van der Waals surface area contributed by atoms with Crippen LogP contribution in [0.15, 0.2) is 65.4 Å². The molecule has 1 fully saturated rings. The Hall–Kier alpha value is -3.88. The molecule has 0 spiro atoms. The Balaban J connectivity index is 1.28. The van der Waals surface area contributed by atoms with E-state index in [2.05, 4.69) is 25.7 Å². The minimum absolute atomic E-state index is 0.0324. The molecule has 0 atom stereocenters. The molecule has 150 valence electrons.